The van der Waals surface area contributed by atoms with E-state index in [1.54, 1.807) is 0 Å². The first kappa shape index (κ1) is 11.4. The van der Waals surface area contributed by atoms with Crippen molar-refractivity contribution in [1.29, 1.82) is 0 Å². The fraction of sp³-hybridized carbons (Fsp3) is 0.538. The Hall–Kier alpha value is -1.06. The molecule has 2 N–H and O–H groups in total. The van der Waals surface area contributed by atoms with Gasteiger partial charge in [-0.15, -0.1) is 0 Å². The SMILES string of the molecule is CC1(C)OC(c2ccc(N)cc2)C(C)(C)O1. The number of hydrogen-bond donors (Lipinski definition) is 1. The minimum absolute atomic E-state index is 0.0527. The van der Waals surface area contributed by atoms with Gasteiger partial charge in [-0.1, -0.05) is 12.1 Å². The molecule has 1 aliphatic heterocycles. The van der Waals surface area contributed by atoms with Crippen molar-refractivity contribution in [1.82, 2.24) is 0 Å². The van der Waals surface area contributed by atoms with Gasteiger partial charge in [0.05, 0.1) is 5.60 Å². The molecule has 0 aliphatic carbocycles. The molecule has 0 amide bonds. The van der Waals surface area contributed by atoms with E-state index >= 15 is 0 Å². The topological polar surface area (TPSA) is 44.5 Å². The number of benzene rings is 1. The van der Waals surface area contributed by atoms with Gasteiger partial charge in [0, 0.05) is 5.69 Å². The van der Waals surface area contributed by atoms with Crippen LogP contribution in [-0.4, -0.2) is 11.4 Å². The number of anilines is 1. The molecule has 1 unspecified atom stereocenters. The van der Waals surface area contributed by atoms with Crippen LogP contribution in [0.2, 0.25) is 0 Å². The van der Waals surface area contributed by atoms with E-state index in [1.807, 2.05) is 52.0 Å². The van der Waals surface area contributed by atoms with E-state index in [-0.39, 0.29) is 11.7 Å². The van der Waals surface area contributed by atoms with Crippen LogP contribution >= 0.6 is 0 Å². The van der Waals surface area contributed by atoms with Crippen molar-refractivity contribution in [2.45, 2.75) is 45.2 Å². The number of nitrogens with two attached hydrogens (primary N) is 1. The minimum atomic E-state index is -0.532. The molecular formula is C13H19NO2. The maximum absolute atomic E-state index is 5.93. The van der Waals surface area contributed by atoms with E-state index in [2.05, 4.69) is 0 Å². The lowest BCUT2D eigenvalue weighted by Gasteiger charge is -2.24. The Morgan fingerprint density at radius 3 is 2.06 bits per heavy atom. The van der Waals surface area contributed by atoms with Gasteiger partial charge in [-0.2, -0.15) is 0 Å². The monoisotopic (exact) mass is 221 g/mol. The van der Waals surface area contributed by atoms with Crippen molar-refractivity contribution in [2.24, 2.45) is 0 Å². The molecular weight excluding hydrogens is 202 g/mol. The predicted octanol–water partition coefficient (Wildman–Crippen LogP) is 2.87. The standard InChI is InChI=1S/C13H19NO2/c1-12(2)11(15-13(3,4)16-12)9-5-7-10(14)8-6-9/h5-8,11H,14H2,1-4H3. The first-order valence-corrected chi connectivity index (χ1v) is 5.54. The van der Waals surface area contributed by atoms with Crippen molar-refractivity contribution >= 4 is 5.69 Å². The molecule has 88 valence electrons. The molecule has 1 atom stereocenters. The van der Waals surface area contributed by atoms with Gasteiger partial charge < -0.3 is 15.2 Å². The average Bonchev–Trinajstić information content (AvgIpc) is 2.35. The molecule has 3 nitrogen and oxygen atoms in total. The Bertz CT molecular complexity index is 381. The summed E-state index contributed by atoms with van der Waals surface area (Å²) in [6.45, 7) is 7.96. The maximum atomic E-state index is 5.93. The van der Waals surface area contributed by atoms with Crippen LogP contribution in [0, 0.1) is 0 Å². The van der Waals surface area contributed by atoms with E-state index in [9.17, 15) is 0 Å². The Morgan fingerprint density at radius 2 is 1.62 bits per heavy atom. The van der Waals surface area contributed by atoms with E-state index in [0.717, 1.165) is 11.3 Å². The first-order chi connectivity index (χ1) is 7.30. The Morgan fingerprint density at radius 1 is 1.06 bits per heavy atom. The minimum Gasteiger partial charge on any atom is -0.399 e. The number of hydrogen-bond acceptors (Lipinski definition) is 3. The molecule has 0 spiro atoms. The van der Waals surface area contributed by atoms with Crippen LogP contribution < -0.4 is 5.73 Å². The summed E-state index contributed by atoms with van der Waals surface area (Å²) in [5.74, 6) is -0.532. The van der Waals surface area contributed by atoms with E-state index in [0.29, 0.717) is 0 Å². The predicted molar refractivity (Wildman–Crippen MR) is 63.9 cm³/mol. The third kappa shape index (κ3) is 2.06. The lowest BCUT2D eigenvalue weighted by atomic mass is 9.95. The van der Waals surface area contributed by atoms with Crippen LogP contribution in [0.15, 0.2) is 24.3 Å². The highest BCUT2D eigenvalue weighted by molar-refractivity contribution is 5.40. The van der Waals surface area contributed by atoms with Crippen LogP contribution in [0.25, 0.3) is 0 Å². The Balaban J connectivity index is 2.31. The third-order valence-corrected chi connectivity index (χ3v) is 2.78. The molecule has 2 rings (SSSR count). The summed E-state index contributed by atoms with van der Waals surface area (Å²) >= 11 is 0. The van der Waals surface area contributed by atoms with Crippen LogP contribution in [-0.2, 0) is 9.47 Å². The fourth-order valence-corrected chi connectivity index (χ4v) is 2.28. The second-order valence-electron chi connectivity index (χ2n) is 5.27. The van der Waals surface area contributed by atoms with E-state index in [4.69, 9.17) is 15.2 Å². The largest absolute Gasteiger partial charge is 0.399 e. The van der Waals surface area contributed by atoms with Gasteiger partial charge in [0.2, 0.25) is 0 Å². The zero-order valence-corrected chi connectivity index (χ0v) is 10.3. The van der Waals surface area contributed by atoms with Gasteiger partial charge in [-0.25, -0.2) is 0 Å². The van der Waals surface area contributed by atoms with Crippen molar-refractivity contribution in [3.8, 4) is 0 Å². The van der Waals surface area contributed by atoms with Crippen molar-refractivity contribution in [2.75, 3.05) is 5.73 Å². The summed E-state index contributed by atoms with van der Waals surface area (Å²) in [5.41, 5.74) is 7.22. The highest BCUT2D eigenvalue weighted by Crippen LogP contribution is 2.45. The summed E-state index contributed by atoms with van der Waals surface area (Å²) in [5, 5.41) is 0. The molecule has 3 heteroatoms. The van der Waals surface area contributed by atoms with E-state index in [1.165, 1.54) is 0 Å². The number of rotatable bonds is 1. The van der Waals surface area contributed by atoms with Gasteiger partial charge in [-0.05, 0) is 45.4 Å². The highest BCUT2D eigenvalue weighted by atomic mass is 16.8. The summed E-state index contributed by atoms with van der Waals surface area (Å²) in [7, 11) is 0. The molecule has 1 saturated heterocycles. The molecule has 1 heterocycles. The van der Waals surface area contributed by atoms with Gasteiger partial charge in [0.15, 0.2) is 5.79 Å². The molecule has 0 bridgehead atoms. The molecule has 1 fully saturated rings. The summed E-state index contributed by atoms with van der Waals surface area (Å²) in [6.07, 6.45) is -0.0527. The molecule has 16 heavy (non-hydrogen) atoms. The van der Waals surface area contributed by atoms with Gasteiger partial charge in [0.25, 0.3) is 0 Å². The van der Waals surface area contributed by atoms with Gasteiger partial charge in [0.1, 0.15) is 6.10 Å². The molecule has 0 aromatic heterocycles. The zero-order chi connectivity index (χ0) is 12.0. The summed E-state index contributed by atoms with van der Waals surface area (Å²) in [6, 6.07) is 7.76. The second kappa shape index (κ2) is 3.47. The van der Waals surface area contributed by atoms with Crippen LogP contribution in [0.3, 0.4) is 0 Å². The molecule has 1 aromatic carbocycles. The highest BCUT2D eigenvalue weighted by Gasteiger charge is 2.47. The normalized spacial score (nSPS) is 26.9. The second-order valence-corrected chi connectivity index (χ2v) is 5.27. The van der Waals surface area contributed by atoms with Crippen molar-refractivity contribution < 1.29 is 9.47 Å². The molecule has 1 aliphatic rings. The quantitative estimate of drug-likeness (QED) is 0.742. The van der Waals surface area contributed by atoms with Crippen molar-refractivity contribution in [3.63, 3.8) is 0 Å². The Kier molecular flexibility index (Phi) is 2.48. The summed E-state index contributed by atoms with van der Waals surface area (Å²) < 4.78 is 11.8. The molecule has 0 saturated carbocycles. The smallest absolute Gasteiger partial charge is 0.164 e. The van der Waals surface area contributed by atoms with Crippen LogP contribution in [0.1, 0.15) is 39.4 Å². The number of nitrogen functional groups attached to an aromatic ring is 1. The molecule has 0 radical (unpaired) electrons. The lowest BCUT2D eigenvalue weighted by molar-refractivity contribution is -0.157. The lowest BCUT2D eigenvalue weighted by Crippen LogP contribution is -2.28. The Labute approximate surface area is 96.5 Å². The summed E-state index contributed by atoms with van der Waals surface area (Å²) in [4.78, 5) is 0. The average molecular weight is 221 g/mol. The van der Waals surface area contributed by atoms with Crippen molar-refractivity contribution in [3.05, 3.63) is 29.8 Å². The number of ether oxygens (including phenoxy) is 2. The van der Waals surface area contributed by atoms with Gasteiger partial charge >= 0.3 is 0 Å². The van der Waals surface area contributed by atoms with Crippen LogP contribution in [0.4, 0.5) is 5.69 Å². The third-order valence-electron chi connectivity index (χ3n) is 2.78. The molecule has 1 aromatic rings. The van der Waals surface area contributed by atoms with Gasteiger partial charge in [-0.3, -0.25) is 0 Å². The zero-order valence-electron chi connectivity index (χ0n) is 10.3. The van der Waals surface area contributed by atoms with Crippen LogP contribution in [0.5, 0.6) is 0 Å². The van der Waals surface area contributed by atoms with E-state index < -0.39 is 5.79 Å². The first-order valence-electron chi connectivity index (χ1n) is 5.54. The fourth-order valence-electron chi connectivity index (χ4n) is 2.28. The maximum Gasteiger partial charge on any atom is 0.164 e.